The number of nitrogens with zero attached hydrogens (tertiary/aromatic N) is 3. The molecule has 0 radical (unpaired) electrons. The number of carbonyl (C=O) groups is 1. The van der Waals surface area contributed by atoms with Crippen LogP contribution in [-0.2, 0) is 4.79 Å². The highest BCUT2D eigenvalue weighted by Gasteiger charge is 2.15. The van der Waals surface area contributed by atoms with Crippen LogP contribution in [0.5, 0.6) is 0 Å². The summed E-state index contributed by atoms with van der Waals surface area (Å²) in [4.78, 5) is 26.1. The summed E-state index contributed by atoms with van der Waals surface area (Å²) in [5, 5.41) is 20.3. The Hall–Kier alpha value is -2.42. The van der Waals surface area contributed by atoms with Crippen LogP contribution >= 0.6 is 11.8 Å². The third kappa shape index (κ3) is 3.54. The van der Waals surface area contributed by atoms with Crippen LogP contribution < -0.4 is 5.32 Å². The standard InChI is InChI=1S/C11H11N5O3S/c1-7-12-11(15-14-7)20-6-10(17)13-8-4-2-3-5-9(8)16(18)19/h2-5H,6H2,1H3,(H,13,17)(H,12,14,15). The number of hydrogen-bond acceptors (Lipinski definition) is 6. The quantitative estimate of drug-likeness (QED) is 0.493. The normalized spacial score (nSPS) is 10.2. The van der Waals surface area contributed by atoms with Crippen molar-refractivity contribution in [3.63, 3.8) is 0 Å². The molecule has 1 heterocycles. The molecule has 8 nitrogen and oxygen atoms in total. The summed E-state index contributed by atoms with van der Waals surface area (Å²) in [5.74, 6) is 0.377. The van der Waals surface area contributed by atoms with E-state index in [0.717, 1.165) is 11.8 Å². The molecule has 0 bridgehead atoms. The lowest BCUT2D eigenvalue weighted by Crippen LogP contribution is -2.15. The minimum absolute atomic E-state index is 0.0728. The SMILES string of the molecule is Cc1nc(SCC(=O)Nc2ccccc2[N+](=O)[O-])n[nH]1. The number of para-hydroxylation sites is 2. The molecule has 2 rings (SSSR count). The van der Waals surface area contributed by atoms with E-state index in [1.54, 1.807) is 19.1 Å². The molecule has 0 saturated carbocycles. The van der Waals surface area contributed by atoms with Crippen LogP contribution in [0, 0.1) is 17.0 Å². The molecule has 104 valence electrons. The zero-order chi connectivity index (χ0) is 14.5. The molecule has 0 aliphatic carbocycles. The summed E-state index contributed by atoms with van der Waals surface area (Å²) in [6, 6.07) is 5.98. The Morgan fingerprint density at radius 2 is 2.25 bits per heavy atom. The largest absolute Gasteiger partial charge is 0.320 e. The summed E-state index contributed by atoms with van der Waals surface area (Å²) in [6.45, 7) is 1.75. The molecule has 2 N–H and O–H groups in total. The van der Waals surface area contributed by atoms with Crippen LogP contribution in [0.3, 0.4) is 0 Å². The van der Waals surface area contributed by atoms with Gasteiger partial charge in [0, 0.05) is 6.07 Å². The van der Waals surface area contributed by atoms with Crippen molar-refractivity contribution < 1.29 is 9.72 Å². The maximum atomic E-state index is 11.7. The summed E-state index contributed by atoms with van der Waals surface area (Å²) < 4.78 is 0. The molecule has 0 fully saturated rings. The number of nitrogens with one attached hydrogen (secondary N) is 2. The molecule has 9 heteroatoms. The van der Waals surface area contributed by atoms with Crippen LogP contribution in [0.25, 0.3) is 0 Å². The molecule has 0 saturated heterocycles. The average Bonchev–Trinajstić information content (AvgIpc) is 2.83. The van der Waals surface area contributed by atoms with Gasteiger partial charge in [-0.15, -0.1) is 5.10 Å². The van der Waals surface area contributed by atoms with Crippen LogP contribution in [0.4, 0.5) is 11.4 Å². The molecule has 1 aromatic carbocycles. The number of nitro benzene ring substituents is 1. The monoisotopic (exact) mass is 293 g/mol. The zero-order valence-corrected chi connectivity index (χ0v) is 11.3. The van der Waals surface area contributed by atoms with Gasteiger partial charge in [0.25, 0.3) is 5.69 Å². The van der Waals surface area contributed by atoms with Crippen molar-refractivity contribution in [3.8, 4) is 0 Å². The van der Waals surface area contributed by atoms with E-state index in [9.17, 15) is 14.9 Å². The highest BCUT2D eigenvalue weighted by molar-refractivity contribution is 7.99. The highest BCUT2D eigenvalue weighted by atomic mass is 32.2. The second kappa shape index (κ2) is 6.15. The summed E-state index contributed by atoms with van der Waals surface area (Å²) in [6.07, 6.45) is 0. The van der Waals surface area contributed by atoms with Crippen molar-refractivity contribution >= 4 is 29.0 Å². The zero-order valence-electron chi connectivity index (χ0n) is 10.5. The molecule has 2 aromatic rings. The van der Waals surface area contributed by atoms with Crippen molar-refractivity contribution in [2.75, 3.05) is 11.1 Å². The van der Waals surface area contributed by atoms with E-state index in [2.05, 4.69) is 20.5 Å². The van der Waals surface area contributed by atoms with E-state index < -0.39 is 4.92 Å². The van der Waals surface area contributed by atoms with Gasteiger partial charge >= 0.3 is 0 Å². The van der Waals surface area contributed by atoms with Crippen molar-refractivity contribution in [3.05, 3.63) is 40.2 Å². The lowest BCUT2D eigenvalue weighted by molar-refractivity contribution is -0.383. The summed E-state index contributed by atoms with van der Waals surface area (Å²) >= 11 is 1.15. The Morgan fingerprint density at radius 1 is 1.50 bits per heavy atom. The first-order valence-electron chi connectivity index (χ1n) is 5.61. The maximum absolute atomic E-state index is 11.7. The minimum atomic E-state index is -0.540. The smallest absolute Gasteiger partial charge is 0.292 e. The fraction of sp³-hybridized carbons (Fsp3) is 0.182. The Morgan fingerprint density at radius 3 is 2.90 bits per heavy atom. The highest BCUT2D eigenvalue weighted by Crippen LogP contribution is 2.23. The van der Waals surface area contributed by atoms with E-state index in [1.165, 1.54) is 12.1 Å². The fourth-order valence-corrected chi connectivity index (χ4v) is 2.09. The molecule has 0 atom stereocenters. The molecule has 0 spiro atoms. The van der Waals surface area contributed by atoms with E-state index in [4.69, 9.17) is 0 Å². The van der Waals surface area contributed by atoms with Gasteiger partial charge < -0.3 is 5.32 Å². The van der Waals surface area contributed by atoms with E-state index in [-0.39, 0.29) is 23.0 Å². The Bertz CT molecular complexity index is 642. The molecular weight excluding hydrogens is 282 g/mol. The van der Waals surface area contributed by atoms with Crippen molar-refractivity contribution in [1.29, 1.82) is 0 Å². The molecule has 0 aliphatic rings. The van der Waals surface area contributed by atoms with Crippen LogP contribution in [-0.4, -0.2) is 31.8 Å². The number of amides is 1. The van der Waals surface area contributed by atoms with Gasteiger partial charge in [0.2, 0.25) is 11.1 Å². The van der Waals surface area contributed by atoms with Crippen molar-refractivity contribution in [2.45, 2.75) is 12.1 Å². The number of nitro groups is 1. The van der Waals surface area contributed by atoms with Gasteiger partial charge in [0.15, 0.2) is 0 Å². The summed E-state index contributed by atoms with van der Waals surface area (Å²) in [7, 11) is 0. The molecule has 20 heavy (non-hydrogen) atoms. The van der Waals surface area contributed by atoms with Gasteiger partial charge in [-0.1, -0.05) is 23.9 Å². The number of carbonyl (C=O) groups excluding carboxylic acids is 1. The number of aromatic amines is 1. The van der Waals surface area contributed by atoms with Gasteiger partial charge in [0.1, 0.15) is 11.5 Å². The lowest BCUT2D eigenvalue weighted by atomic mass is 10.2. The van der Waals surface area contributed by atoms with Gasteiger partial charge in [-0.25, -0.2) is 4.98 Å². The Balaban J connectivity index is 1.96. The molecular formula is C11H11N5O3S. The molecule has 1 amide bonds. The van der Waals surface area contributed by atoms with Crippen LogP contribution in [0.15, 0.2) is 29.4 Å². The van der Waals surface area contributed by atoms with Crippen molar-refractivity contribution in [1.82, 2.24) is 15.2 Å². The number of aromatic nitrogens is 3. The first-order valence-corrected chi connectivity index (χ1v) is 6.60. The average molecular weight is 293 g/mol. The fourth-order valence-electron chi connectivity index (χ4n) is 1.44. The first-order chi connectivity index (χ1) is 9.56. The Labute approximate surface area is 118 Å². The summed E-state index contributed by atoms with van der Waals surface area (Å²) in [5.41, 5.74) is 0.0360. The van der Waals surface area contributed by atoms with Crippen molar-refractivity contribution in [2.24, 2.45) is 0 Å². The second-order valence-corrected chi connectivity index (χ2v) is 4.76. The number of rotatable bonds is 5. The van der Waals surface area contributed by atoms with Gasteiger partial charge in [-0.3, -0.25) is 20.0 Å². The van der Waals surface area contributed by atoms with E-state index in [1.807, 2.05) is 0 Å². The topological polar surface area (TPSA) is 114 Å². The number of thioether (sulfide) groups is 1. The predicted octanol–water partition coefficient (Wildman–Crippen LogP) is 1.75. The molecule has 1 aromatic heterocycles. The second-order valence-electron chi connectivity index (χ2n) is 3.81. The predicted molar refractivity (Wildman–Crippen MR) is 73.6 cm³/mol. The third-order valence-corrected chi connectivity index (χ3v) is 3.13. The molecule has 0 aliphatic heterocycles. The van der Waals surface area contributed by atoms with E-state index >= 15 is 0 Å². The van der Waals surface area contributed by atoms with Gasteiger partial charge in [-0.2, -0.15) is 0 Å². The molecule has 0 unspecified atom stereocenters. The number of benzene rings is 1. The van der Waals surface area contributed by atoms with Gasteiger partial charge in [0.05, 0.1) is 10.7 Å². The number of anilines is 1. The minimum Gasteiger partial charge on any atom is -0.320 e. The van der Waals surface area contributed by atoms with Gasteiger partial charge in [-0.05, 0) is 13.0 Å². The number of hydrogen-bond donors (Lipinski definition) is 2. The third-order valence-electron chi connectivity index (χ3n) is 2.28. The Kier molecular flexibility index (Phi) is 4.31. The van der Waals surface area contributed by atoms with Crippen LogP contribution in [0.2, 0.25) is 0 Å². The maximum Gasteiger partial charge on any atom is 0.292 e. The first kappa shape index (κ1) is 14.0. The number of aryl methyl sites for hydroxylation is 1. The lowest BCUT2D eigenvalue weighted by Gasteiger charge is -2.04. The van der Waals surface area contributed by atoms with E-state index in [0.29, 0.717) is 11.0 Å². The van der Waals surface area contributed by atoms with Crippen LogP contribution in [0.1, 0.15) is 5.82 Å². The number of H-pyrrole nitrogens is 1.